The maximum atomic E-state index is 4.22. The summed E-state index contributed by atoms with van der Waals surface area (Å²) in [5.74, 6) is 1.30. The molecule has 0 saturated heterocycles. The molecule has 1 saturated carbocycles. The maximum Gasteiger partial charge on any atom is 0.0829 e. The zero-order valence-electron chi connectivity index (χ0n) is 8.95. The molecule has 1 fully saturated rings. The van der Waals surface area contributed by atoms with Gasteiger partial charge in [-0.3, -0.25) is 0 Å². The third kappa shape index (κ3) is 1.81. The second kappa shape index (κ2) is 3.95. The lowest BCUT2D eigenvalue weighted by atomic mass is 10.0. The van der Waals surface area contributed by atoms with Crippen LogP contribution in [0.2, 0.25) is 0 Å². The van der Waals surface area contributed by atoms with Crippen LogP contribution in [-0.4, -0.2) is 16.6 Å². The summed E-state index contributed by atoms with van der Waals surface area (Å²) in [6.07, 6.45) is 2.70. The van der Waals surface area contributed by atoms with E-state index in [1.807, 2.05) is 7.05 Å². The molecule has 0 aromatic carbocycles. The monoisotopic (exact) mass is 211 g/mol. The summed E-state index contributed by atoms with van der Waals surface area (Å²) in [6, 6.07) is 0.493. The number of nitrogens with zero attached hydrogens (tertiary/aromatic N) is 2. The van der Waals surface area contributed by atoms with Crippen LogP contribution in [0, 0.1) is 5.92 Å². The summed E-state index contributed by atoms with van der Waals surface area (Å²) in [5, 5.41) is 7.62. The molecule has 1 unspecified atom stereocenters. The van der Waals surface area contributed by atoms with Gasteiger partial charge in [-0.1, -0.05) is 18.3 Å². The highest BCUT2D eigenvalue weighted by molar-refractivity contribution is 7.05. The molecule has 0 aliphatic heterocycles. The van der Waals surface area contributed by atoms with E-state index in [1.165, 1.54) is 23.4 Å². The number of hydrogen-bond acceptors (Lipinski definition) is 4. The predicted molar refractivity (Wildman–Crippen MR) is 58.5 cm³/mol. The van der Waals surface area contributed by atoms with Crippen LogP contribution < -0.4 is 5.32 Å². The molecule has 3 nitrogen and oxygen atoms in total. The van der Waals surface area contributed by atoms with Gasteiger partial charge >= 0.3 is 0 Å². The minimum absolute atomic E-state index is 0.485. The van der Waals surface area contributed by atoms with Crippen LogP contribution in [0.5, 0.6) is 0 Å². The van der Waals surface area contributed by atoms with E-state index in [2.05, 4.69) is 28.8 Å². The first-order chi connectivity index (χ1) is 6.74. The van der Waals surface area contributed by atoms with Crippen molar-refractivity contribution in [3.63, 3.8) is 0 Å². The van der Waals surface area contributed by atoms with Crippen LogP contribution in [0.1, 0.15) is 49.2 Å². The Morgan fingerprint density at radius 1 is 1.43 bits per heavy atom. The molecular formula is C10H17N3S. The van der Waals surface area contributed by atoms with Crippen molar-refractivity contribution in [2.75, 3.05) is 7.05 Å². The third-order valence-corrected chi connectivity index (χ3v) is 3.60. The first-order valence-electron chi connectivity index (χ1n) is 5.23. The molecule has 1 aliphatic rings. The highest BCUT2D eigenvalue weighted by Crippen LogP contribution is 2.43. The molecule has 4 heteroatoms. The van der Waals surface area contributed by atoms with E-state index in [0.29, 0.717) is 12.0 Å². The fraction of sp³-hybridized carbons (Fsp3) is 0.800. The van der Waals surface area contributed by atoms with Crippen molar-refractivity contribution < 1.29 is 0 Å². The van der Waals surface area contributed by atoms with Crippen LogP contribution >= 0.6 is 11.5 Å². The Bertz CT molecular complexity index is 304. The highest BCUT2D eigenvalue weighted by atomic mass is 32.1. The van der Waals surface area contributed by atoms with E-state index in [1.54, 1.807) is 11.5 Å². The van der Waals surface area contributed by atoms with Gasteiger partial charge in [-0.25, -0.2) is 0 Å². The van der Waals surface area contributed by atoms with E-state index in [0.717, 1.165) is 5.92 Å². The SMILES string of the molecule is CNC(c1snnc1C(C)C)C1CC1. The van der Waals surface area contributed by atoms with Crippen molar-refractivity contribution in [2.24, 2.45) is 5.92 Å². The normalized spacial score (nSPS) is 18.9. The van der Waals surface area contributed by atoms with E-state index in [-0.39, 0.29) is 0 Å². The van der Waals surface area contributed by atoms with Crippen LogP contribution in [0.25, 0.3) is 0 Å². The van der Waals surface area contributed by atoms with E-state index >= 15 is 0 Å². The van der Waals surface area contributed by atoms with Gasteiger partial charge in [-0.05, 0) is 43.3 Å². The van der Waals surface area contributed by atoms with Gasteiger partial charge in [0.05, 0.1) is 10.6 Å². The van der Waals surface area contributed by atoms with Crippen molar-refractivity contribution in [3.05, 3.63) is 10.6 Å². The molecule has 0 bridgehead atoms. The van der Waals surface area contributed by atoms with Crippen molar-refractivity contribution in [2.45, 2.75) is 38.6 Å². The van der Waals surface area contributed by atoms with Gasteiger partial charge in [0.15, 0.2) is 0 Å². The fourth-order valence-electron chi connectivity index (χ4n) is 1.83. The van der Waals surface area contributed by atoms with Gasteiger partial charge in [0.1, 0.15) is 0 Å². The molecule has 1 N–H and O–H groups in total. The molecule has 78 valence electrons. The quantitative estimate of drug-likeness (QED) is 0.830. The summed E-state index contributed by atoms with van der Waals surface area (Å²) in [6.45, 7) is 4.36. The number of rotatable bonds is 4. The summed E-state index contributed by atoms with van der Waals surface area (Å²) >= 11 is 1.56. The van der Waals surface area contributed by atoms with Gasteiger partial charge in [0.2, 0.25) is 0 Å². The molecule has 1 aromatic rings. The molecule has 14 heavy (non-hydrogen) atoms. The van der Waals surface area contributed by atoms with Gasteiger partial charge in [-0.2, -0.15) is 0 Å². The molecular weight excluding hydrogens is 194 g/mol. The Balaban J connectivity index is 2.24. The minimum atomic E-state index is 0.485. The van der Waals surface area contributed by atoms with Crippen LogP contribution in [-0.2, 0) is 0 Å². The Kier molecular flexibility index (Phi) is 2.83. The standard InChI is InChI=1S/C10H17N3S/c1-6(2)8-10(14-13-12-8)9(11-3)7-4-5-7/h6-7,9,11H,4-5H2,1-3H3. The zero-order chi connectivity index (χ0) is 10.1. The van der Waals surface area contributed by atoms with Crippen LogP contribution in [0.15, 0.2) is 0 Å². The first kappa shape index (κ1) is 10.1. The smallest absolute Gasteiger partial charge is 0.0829 e. The third-order valence-electron chi connectivity index (χ3n) is 2.77. The molecule has 1 aliphatic carbocycles. The summed E-state index contributed by atoms with van der Waals surface area (Å²) in [5.41, 5.74) is 1.18. The van der Waals surface area contributed by atoms with Crippen LogP contribution in [0.3, 0.4) is 0 Å². The Labute approximate surface area is 89.1 Å². The van der Waals surface area contributed by atoms with Gasteiger partial charge in [-0.15, -0.1) is 5.10 Å². The van der Waals surface area contributed by atoms with E-state index < -0.39 is 0 Å². The summed E-state index contributed by atoms with van der Waals surface area (Å²) in [7, 11) is 2.03. The van der Waals surface area contributed by atoms with E-state index in [4.69, 9.17) is 0 Å². The lowest BCUT2D eigenvalue weighted by Crippen LogP contribution is -2.18. The largest absolute Gasteiger partial charge is 0.312 e. The Morgan fingerprint density at radius 3 is 2.64 bits per heavy atom. The lowest BCUT2D eigenvalue weighted by Gasteiger charge is -2.15. The summed E-state index contributed by atoms with van der Waals surface area (Å²) in [4.78, 5) is 1.35. The molecule has 0 amide bonds. The number of hydrogen-bond donors (Lipinski definition) is 1. The highest BCUT2D eigenvalue weighted by Gasteiger charge is 2.34. The average molecular weight is 211 g/mol. The van der Waals surface area contributed by atoms with Gasteiger partial charge in [0, 0.05) is 6.04 Å². The zero-order valence-corrected chi connectivity index (χ0v) is 9.77. The molecule has 0 radical (unpaired) electrons. The minimum Gasteiger partial charge on any atom is -0.312 e. The summed E-state index contributed by atoms with van der Waals surface area (Å²) < 4.78 is 4.07. The first-order valence-corrected chi connectivity index (χ1v) is 6.00. The maximum absolute atomic E-state index is 4.22. The van der Waals surface area contributed by atoms with Gasteiger partial charge < -0.3 is 5.32 Å². The Morgan fingerprint density at radius 2 is 2.14 bits per heavy atom. The number of aromatic nitrogens is 2. The van der Waals surface area contributed by atoms with E-state index in [9.17, 15) is 0 Å². The van der Waals surface area contributed by atoms with Crippen molar-refractivity contribution >= 4 is 11.5 Å². The Hall–Kier alpha value is -0.480. The molecule has 0 spiro atoms. The molecule has 2 rings (SSSR count). The predicted octanol–water partition coefficient (Wildman–Crippen LogP) is 2.33. The topological polar surface area (TPSA) is 37.8 Å². The molecule has 1 atom stereocenters. The molecule has 1 heterocycles. The van der Waals surface area contributed by atoms with Crippen molar-refractivity contribution in [3.8, 4) is 0 Å². The molecule has 1 aromatic heterocycles. The second-order valence-electron chi connectivity index (χ2n) is 4.28. The van der Waals surface area contributed by atoms with Crippen molar-refractivity contribution in [1.82, 2.24) is 14.9 Å². The number of nitrogens with one attached hydrogen (secondary N) is 1. The van der Waals surface area contributed by atoms with Crippen molar-refractivity contribution in [1.29, 1.82) is 0 Å². The van der Waals surface area contributed by atoms with Gasteiger partial charge in [0.25, 0.3) is 0 Å². The van der Waals surface area contributed by atoms with Crippen LogP contribution in [0.4, 0.5) is 0 Å². The second-order valence-corrected chi connectivity index (χ2v) is 5.07. The fourth-order valence-corrected chi connectivity index (χ4v) is 2.84. The average Bonchev–Trinajstić information content (AvgIpc) is 2.84. The lowest BCUT2D eigenvalue weighted by molar-refractivity contribution is 0.529.